The van der Waals surface area contributed by atoms with E-state index in [4.69, 9.17) is 10.5 Å². The normalized spacial score (nSPS) is 36.6. The first-order valence-electron chi connectivity index (χ1n) is 7.57. The molecule has 4 nitrogen and oxygen atoms in total. The number of hydrogen-bond acceptors (Lipinski definition) is 4. The topological polar surface area (TPSA) is 64.4 Å². The molecule has 1 saturated heterocycles. The summed E-state index contributed by atoms with van der Waals surface area (Å²) in [6, 6.07) is 0. The van der Waals surface area contributed by atoms with Gasteiger partial charge in [0.05, 0.1) is 6.10 Å². The summed E-state index contributed by atoms with van der Waals surface area (Å²) in [6.45, 7) is 7.79. The number of fused-ring (bicyclic) bond motifs is 1. The van der Waals surface area contributed by atoms with Gasteiger partial charge in [0.2, 0.25) is 5.91 Å². The number of thioether (sulfide) groups is 1. The van der Waals surface area contributed by atoms with Gasteiger partial charge in [0.15, 0.2) is 0 Å². The van der Waals surface area contributed by atoms with Crippen LogP contribution in [0.5, 0.6) is 0 Å². The Kier molecular flexibility index (Phi) is 4.72. The lowest BCUT2D eigenvalue weighted by Crippen LogP contribution is -2.82. The van der Waals surface area contributed by atoms with E-state index < -0.39 is 5.54 Å². The van der Waals surface area contributed by atoms with Crippen LogP contribution in [-0.4, -0.2) is 42.2 Å². The first-order valence-corrected chi connectivity index (χ1v) is 8.86. The van der Waals surface area contributed by atoms with E-state index in [1.165, 1.54) is 0 Å². The van der Waals surface area contributed by atoms with E-state index in [1.807, 2.05) is 11.8 Å². The molecular formula is C15H28N2O2S. The van der Waals surface area contributed by atoms with Crippen molar-refractivity contribution in [3.63, 3.8) is 0 Å². The molecule has 1 aliphatic heterocycles. The number of rotatable bonds is 5. The van der Waals surface area contributed by atoms with Crippen molar-refractivity contribution >= 4 is 17.7 Å². The maximum absolute atomic E-state index is 12.6. The highest BCUT2D eigenvalue weighted by atomic mass is 32.2. The molecule has 0 radical (unpaired) electrons. The van der Waals surface area contributed by atoms with E-state index in [1.54, 1.807) is 0 Å². The lowest BCUT2D eigenvalue weighted by molar-refractivity contribution is -0.225. The van der Waals surface area contributed by atoms with Gasteiger partial charge in [0.1, 0.15) is 5.54 Å². The van der Waals surface area contributed by atoms with Crippen molar-refractivity contribution in [2.75, 3.05) is 19.4 Å². The Morgan fingerprint density at radius 1 is 1.55 bits per heavy atom. The Balaban J connectivity index is 1.97. The molecule has 1 saturated carbocycles. The van der Waals surface area contributed by atoms with E-state index >= 15 is 0 Å². The lowest BCUT2D eigenvalue weighted by Gasteiger charge is -2.65. The number of hydrogen-bond donors (Lipinski definition) is 2. The molecule has 2 rings (SSSR count). The van der Waals surface area contributed by atoms with Gasteiger partial charge in [0.25, 0.3) is 0 Å². The van der Waals surface area contributed by atoms with Crippen LogP contribution < -0.4 is 11.1 Å². The zero-order chi connectivity index (χ0) is 15.0. The number of carbonyl (C=O) groups is 1. The van der Waals surface area contributed by atoms with Gasteiger partial charge in [0, 0.05) is 29.7 Å². The van der Waals surface area contributed by atoms with Crippen LogP contribution in [0.15, 0.2) is 0 Å². The summed E-state index contributed by atoms with van der Waals surface area (Å²) in [6.07, 6.45) is 5.22. The molecule has 0 aromatic rings. The Morgan fingerprint density at radius 2 is 2.25 bits per heavy atom. The summed E-state index contributed by atoms with van der Waals surface area (Å²) in [7, 11) is 0. The van der Waals surface area contributed by atoms with Crippen LogP contribution in [0.3, 0.4) is 0 Å². The van der Waals surface area contributed by atoms with Crippen molar-refractivity contribution < 1.29 is 9.53 Å². The molecular weight excluding hydrogens is 272 g/mol. The monoisotopic (exact) mass is 300 g/mol. The SMILES string of the molecule is CSC(C)CCNC(=O)C1(N)C2CCCOC2C1(C)C. The minimum Gasteiger partial charge on any atom is -0.377 e. The molecule has 20 heavy (non-hydrogen) atoms. The first-order chi connectivity index (χ1) is 9.35. The molecule has 4 atom stereocenters. The largest absolute Gasteiger partial charge is 0.377 e. The lowest BCUT2D eigenvalue weighted by atomic mass is 9.46. The van der Waals surface area contributed by atoms with Gasteiger partial charge in [-0.1, -0.05) is 20.8 Å². The van der Waals surface area contributed by atoms with E-state index in [0.29, 0.717) is 11.8 Å². The second kappa shape index (κ2) is 5.85. The predicted molar refractivity (Wildman–Crippen MR) is 83.8 cm³/mol. The second-order valence-electron chi connectivity index (χ2n) is 6.72. The van der Waals surface area contributed by atoms with Crippen LogP contribution in [0.4, 0.5) is 0 Å². The van der Waals surface area contributed by atoms with Crippen molar-refractivity contribution in [3.05, 3.63) is 0 Å². The van der Waals surface area contributed by atoms with Gasteiger partial charge in [-0.15, -0.1) is 0 Å². The standard InChI is InChI=1S/C15H28N2O2S/c1-10(20-4)7-8-17-13(18)15(16)11-6-5-9-19-12(11)14(15,2)3/h10-12H,5-9,16H2,1-4H3,(H,17,18). The number of nitrogens with one attached hydrogen (secondary N) is 1. The molecule has 3 N–H and O–H groups in total. The molecule has 0 aromatic heterocycles. The molecule has 5 heteroatoms. The van der Waals surface area contributed by atoms with Crippen molar-refractivity contribution in [1.29, 1.82) is 0 Å². The van der Waals surface area contributed by atoms with E-state index in [2.05, 4.69) is 32.3 Å². The third kappa shape index (κ3) is 2.38. The zero-order valence-electron chi connectivity index (χ0n) is 13.1. The third-order valence-electron chi connectivity index (χ3n) is 5.30. The van der Waals surface area contributed by atoms with Crippen LogP contribution in [0.25, 0.3) is 0 Å². The van der Waals surface area contributed by atoms with E-state index in [9.17, 15) is 4.79 Å². The fourth-order valence-corrected chi connectivity index (χ4v) is 4.04. The van der Waals surface area contributed by atoms with Crippen LogP contribution in [0, 0.1) is 11.3 Å². The second-order valence-corrected chi connectivity index (χ2v) is 8.00. The average Bonchev–Trinajstić information content (AvgIpc) is 2.45. The van der Waals surface area contributed by atoms with E-state index in [0.717, 1.165) is 25.9 Å². The van der Waals surface area contributed by atoms with Crippen molar-refractivity contribution in [2.24, 2.45) is 17.1 Å². The summed E-state index contributed by atoms with van der Waals surface area (Å²) in [4.78, 5) is 12.6. The zero-order valence-corrected chi connectivity index (χ0v) is 13.9. The summed E-state index contributed by atoms with van der Waals surface area (Å²) in [5, 5.41) is 3.61. The molecule has 2 aliphatic rings. The van der Waals surface area contributed by atoms with Gasteiger partial charge in [-0.25, -0.2) is 0 Å². The summed E-state index contributed by atoms with van der Waals surface area (Å²) >= 11 is 1.82. The summed E-state index contributed by atoms with van der Waals surface area (Å²) in [5.74, 6) is 0.173. The van der Waals surface area contributed by atoms with Crippen LogP contribution >= 0.6 is 11.8 Å². The molecule has 0 spiro atoms. The fraction of sp³-hybridized carbons (Fsp3) is 0.933. The predicted octanol–water partition coefficient (Wildman–Crippen LogP) is 1.78. The Bertz CT molecular complexity index is 375. The Morgan fingerprint density at radius 3 is 2.90 bits per heavy atom. The van der Waals surface area contributed by atoms with Crippen molar-refractivity contribution in [3.8, 4) is 0 Å². The minimum absolute atomic E-state index is 0.00236. The minimum atomic E-state index is -0.777. The first kappa shape index (κ1) is 16.1. The quantitative estimate of drug-likeness (QED) is 0.812. The van der Waals surface area contributed by atoms with Gasteiger partial charge >= 0.3 is 0 Å². The summed E-state index contributed by atoms with van der Waals surface area (Å²) < 4.78 is 5.83. The van der Waals surface area contributed by atoms with Gasteiger partial charge in [-0.05, 0) is 25.5 Å². The highest BCUT2D eigenvalue weighted by Gasteiger charge is 2.70. The number of ether oxygens (including phenoxy) is 1. The smallest absolute Gasteiger partial charge is 0.241 e. The van der Waals surface area contributed by atoms with Crippen LogP contribution in [0.2, 0.25) is 0 Å². The summed E-state index contributed by atoms with van der Waals surface area (Å²) in [5.41, 5.74) is 5.47. The highest BCUT2D eigenvalue weighted by molar-refractivity contribution is 7.99. The average molecular weight is 300 g/mol. The molecule has 1 amide bonds. The van der Waals surface area contributed by atoms with Crippen LogP contribution in [-0.2, 0) is 9.53 Å². The van der Waals surface area contributed by atoms with Gasteiger partial charge in [-0.2, -0.15) is 11.8 Å². The highest BCUT2D eigenvalue weighted by Crippen LogP contribution is 2.57. The molecule has 0 aromatic carbocycles. The van der Waals surface area contributed by atoms with Gasteiger partial charge in [-0.3, -0.25) is 4.79 Å². The molecule has 2 fully saturated rings. The van der Waals surface area contributed by atoms with E-state index in [-0.39, 0.29) is 23.3 Å². The van der Waals surface area contributed by atoms with Crippen molar-refractivity contribution in [1.82, 2.24) is 5.32 Å². The molecule has 116 valence electrons. The molecule has 1 heterocycles. The molecule has 4 unspecified atom stereocenters. The fourth-order valence-electron chi connectivity index (χ4n) is 3.69. The maximum atomic E-state index is 12.6. The molecule has 1 aliphatic carbocycles. The maximum Gasteiger partial charge on any atom is 0.241 e. The van der Waals surface area contributed by atoms with Gasteiger partial charge < -0.3 is 15.8 Å². The number of carbonyl (C=O) groups excluding carboxylic acids is 1. The van der Waals surface area contributed by atoms with Crippen LogP contribution in [0.1, 0.15) is 40.0 Å². The number of amides is 1. The molecule has 0 bridgehead atoms. The third-order valence-corrected chi connectivity index (χ3v) is 6.34. The Hall–Kier alpha value is -0.260. The number of nitrogens with two attached hydrogens (primary N) is 1. The van der Waals surface area contributed by atoms with Crippen molar-refractivity contribution in [2.45, 2.75) is 56.9 Å². The Labute approximate surface area is 126 Å².